The molecule has 2 atom stereocenters. The molecule has 1 aliphatic rings. The lowest BCUT2D eigenvalue weighted by Crippen LogP contribution is -2.39. The average Bonchev–Trinajstić information content (AvgIpc) is 2.38. The summed E-state index contributed by atoms with van der Waals surface area (Å²) < 4.78 is 0. The van der Waals surface area contributed by atoms with E-state index in [0.29, 0.717) is 12.1 Å². The van der Waals surface area contributed by atoms with Gasteiger partial charge in [0.15, 0.2) is 0 Å². The van der Waals surface area contributed by atoms with Crippen LogP contribution in [0.2, 0.25) is 0 Å². The van der Waals surface area contributed by atoms with Gasteiger partial charge < -0.3 is 0 Å². The first-order valence-electron chi connectivity index (χ1n) is 6.81. The van der Waals surface area contributed by atoms with Crippen molar-refractivity contribution in [2.45, 2.75) is 45.2 Å². The Kier molecular flexibility index (Phi) is 4.57. The van der Waals surface area contributed by atoms with E-state index in [2.05, 4.69) is 42.2 Å². The smallest absolute Gasteiger partial charge is 0.0470 e. The molecule has 2 nitrogen and oxygen atoms in total. The minimum atomic E-state index is 0.565. The Labute approximate surface area is 110 Å². The summed E-state index contributed by atoms with van der Waals surface area (Å²) in [7, 11) is 0. The maximum atomic E-state index is 4.58. The zero-order valence-corrected chi connectivity index (χ0v) is 11.3. The maximum absolute atomic E-state index is 4.58. The van der Waals surface area contributed by atoms with Crippen molar-refractivity contribution >= 4 is 12.3 Å². The zero-order chi connectivity index (χ0) is 12.8. The molecule has 2 rings (SSSR count). The number of nitrogens with zero attached hydrogens (tertiary/aromatic N) is 2. The lowest BCUT2D eigenvalue weighted by atomic mass is 10.00. The van der Waals surface area contributed by atoms with Crippen molar-refractivity contribution in [3.63, 3.8) is 0 Å². The first-order valence-corrected chi connectivity index (χ1v) is 6.81. The topological polar surface area (TPSA) is 15.6 Å². The van der Waals surface area contributed by atoms with Gasteiger partial charge in [0.05, 0.1) is 0 Å². The summed E-state index contributed by atoms with van der Waals surface area (Å²) in [5.41, 5.74) is 1.21. The van der Waals surface area contributed by atoms with Gasteiger partial charge in [0, 0.05) is 18.3 Å². The minimum absolute atomic E-state index is 0.565. The number of hydrogen-bond donors (Lipinski definition) is 0. The Morgan fingerprint density at radius 2 is 1.78 bits per heavy atom. The van der Waals surface area contributed by atoms with E-state index in [1.54, 1.807) is 0 Å². The number of piperidine rings is 1. The van der Waals surface area contributed by atoms with Gasteiger partial charge in [0.2, 0.25) is 0 Å². The first kappa shape index (κ1) is 12.9. The Hall–Kier alpha value is -1.57. The van der Waals surface area contributed by atoms with E-state index < -0.39 is 0 Å². The molecule has 0 aromatic heterocycles. The molecule has 2 unspecified atom stereocenters. The molecule has 18 heavy (non-hydrogen) atoms. The van der Waals surface area contributed by atoms with E-state index in [4.69, 9.17) is 0 Å². The van der Waals surface area contributed by atoms with Crippen LogP contribution in [-0.2, 0) is 0 Å². The van der Waals surface area contributed by atoms with Crippen LogP contribution in [0.3, 0.4) is 0 Å². The molecule has 1 aromatic carbocycles. The Balaban J connectivity index is 1.92. The van der Waals surface area contributed by atoms with E-state index >= 15 is 0 Å². The lowest BCUT2D eigenvalue weighted by molar-refractivity contribution is 0.109. The standard InChI is InChI=1S/C16H22N2/c1-14-8-6-9-15(2)18(14)17-13-7-12-16-10-4-3-5-11-16/h3-5,7,10-15H,6,8-9H2,1-2H3/b12-7+,17-13+. The monoisotopic (exact) mass is 242 g/mol. The van der Waals surface area contributed by atoms with Crippen LogP contribution in [0.25, 0.3) is 6.08 Å². The second-order valence-electron chi connectivity index (χ2n) is 5.04. The van der Waals surface area contributed by atoms with Gasteiger partial charge in [-0.2, -0.15) is 5.10 Å². The number of rotatable bonds is 3. The fourth-order valence-electron chi connectivity index (χ4n) is 2.47. The third-order valence-corrected chi connectivity index (χ3v) is 3.52. The van der Waals surface area contributed by atoms with Crippen LogP contribution >= 0.6 is 0 Å². The van der Waals surface area contributed by atoms with Gasteiger partial charge in [-0.15, -0.1) is 0 Å². The van der Waals surface area contributed by atoms with Crippen molar-refractivity contribution in [2.75, 3.05) is 0 Å². The highest BCUT2D eigenvalue weighted by atomic mass is 15.5. The third kappa shape index (κ3) is 3.46. The second-order valence-corrected chi connectivity index (χ2v) is 5.04. The highest BCUT2D eigenvalue weighted by Gasteiger charge is 2.22. The van der Waals surface area contributed by atoms with E-state index in [1.807, 2.05) is 30.5 Å². The molecular formula is C16H22N2. The van der Waals surface area contributed by atoms with Crippen molar-refractivity contribution < 1.29 is 0 Å². The zero-order valence-electron chi connectivity index (χ0n) is 11.3. The molecule has 1 fully saturated rings. The normalized spacial score (nSPS) is 25.1. The fraction of sp³-hybridized carbons (Fsp3) is 0.438. The van der Waals surface area contributed by atoms with Gasteiger partial charge in [-0.25, -0.2) is 0 Å². The number of allylic oxidation sites excluding steroid dienone is 1. The molecular weight excluding hydrogens is 220 g/mol. The van der Waals surface area contributed by atoms with Gasteiger partial charge in [0.25, 0.3) is 0 Å². The second kappa shape index (κ2) is 6.39. The molecule has 0 amide bonds. The van der Waals surface area contributed by atoms with Crippen LogP contribution in [0.5, 0.6) is 0 Å². The highest BCUT2D eigenvalue weighted by Crippen LogP contribution is 2.22. The van der Waals surface area contributed by atoms with Crippen molar-refractivity contribution in [1.29, 1.82) is 0 Å². The van der Waals surface area contributed by atoms with Crippen LogP contribution in [0.4, 0.5) is 0 Å². The Morgan fingerprint density at radius 3 is 2.44 bits per heavy atom. The molecule has 96 valence electrons. The molecule has 1 heterocycles. The third-order valence-electron chi connectivity index (χ3n) is 3.52. The SMILES string of the molecule is CC1CCCC(C)N1/N=C/C=C/c1ccccc1. The predicted molar refractivity (Wildman–Crippen MR) is 78.6 cm³/mol. The Bertz CT molecular complexity index is 398. The van der Waals surface area contributed by atoms with Crippen molar-refractivity contribution in [1.82, 2.24) is 5.01 Å². The molecule has 1 aromatic rings. The molecule has 0 N–H and O–H groups in total. The van der Waals surface area contributed by atoms with E-state index in [1.165, 1.54) is 24.8 Å². The summed E-state index contributed by atoms with van der Waals surface area (Å²) >= 11 is 0. The quantitative estimate of drug-likeness (QED) is 0.733. The number of hydrogen-bond acceptors (Lipinski definition) is 2. The number of hydrazone groups is 1. The summed E-state index contributed by atoms with van der Waals surface area (Å²) in [6.07, 6.45) is 9.85. The molecule has 0 spiro atoms. The van der Waals surface area contributed by atoms with Crippen LogP contribution in [0, 0.1) is 0 Å². The molecule has 2 heteroatoms. The van der Waals surface area contributed by atoms with Gasteiger partial charge in [0.1, 0.15) is 0 Å². The van der Waals surface area contributed by atoms with Crippen LogP contribution < -0.4 is 0 Å². The van der Waals surface area contributed by atoms with Gasteiger partial charge in [-0.1, -0.05) is 36.4 Å². The summed E-state index contributed by atoms with van der Waals surface area (Å²) in [5, 5.41) is 6.82. The molecule has 0 saturated carbocycles. The first-order chi connectivity index (χ1) is 8.77. The summed E-state index contributed by atoms with van der Waals surface area (Å²) in [4.78, 5) is 0. The predicted octanol–water partition coefficient (Wildman–Crippen LogP) is 3.95. The van der Waals surface area contributed by atoms with Crippen molar-refractivity contribution in [3.05, 3.63) is 42.0 Å². The number of benzene rings is 1. The highest BCUT2D eigenvalue weighted by molar-refractivity contribution is 5.77. The van der Waals surface area contributed by atoms with Crippen molar-refractivity contribution in [2.24, 2.45) is 5.10 Å². The van der Waals surface area contributed by atoms with Gasteiger partial charge in [-0.3, -0.25) is 5.01 Å². The lowest BCUT2D eigenvalue weighted by Gasteiger charge is -2.36. The molecule has 1 saturated heterocycles. The van der Waals surface area contributed by atoms with Crippen LogP contribution in [-0.4, -0.2) is 23.3 Å². The van der Waals surface area contributed by atoms with E-state index in [0.717, 1.165) is 0 Å². The van der Waals surface area contributed by atoms with E-state index in [-0.39, 0.29) is 0 Å². The maximum Gasteiger partial charge on any atom is 0.0470 e. The van der Waals surface area contributed by atoms with Gasteiger partial charge >= 0.3 is 0 Å². The van der Waals surface area contributed by atoms with Crippen molar-refractivity contribution in [3.8, 4) is 0 Å². The van der Waals surface area contributed by atoms with Crippen LogP contribution in [0.15, 0.2) is 41.5 Å². The molecule has 0 bridgehead atoms. The van der Waals surface area contributed by atoms with Gasteiger partial charge in [-0.05, 0) is 44.7 Å². The summed E-state index contributed by atoms with van der Waals surface area (Å²) in [5.74, 6) is 0. The molecule has 0 radical (unpaired) electrons. The Morgan fingerprint density at radius 1 is 1.11 bits per heavy atom. The van der Waals surface area contributed by atoms with E-state index in [9.17, 15) is 0 Å². The fourth-order valence-corrected chi connectivity index (χ4v) is 2.47. The minimum Gasteiger partial charge on any atom is -0.292 e. The molecule has 1 aliphatic heterocycles. The summed E-state index contributed by atoms with van der Waals surface area (Å²) in [6.45, 7) is 4.52. The van der Waals surface area contributed by atoms with Crippen LogP contribution in [0.1, 0.15) is 38.7 Å². The summed E-state index contributed by atoms with van der Waals surface area (Å²) in [6, 6.07) is 11.4. The average molecular weight is 242 g/mol. The largest absolute Gasteiger partial charge is 0.292 e. The molecule has 0 aliphatic carbocycles.